The van der Waals surface area contributed by atoms with Crippen molar-refractivity contribution in [3.63, 3.8) is 0 Å². The van der Waals surface area contributed by atoms with Crippen molar-refractivity contribution in [3.8, 4) is 5.75 Å². The van der Waals surface area contributed by atoms with Gasteiger partial charge in [0.15, 0.2) is 6.10 Å². The summed E-state index contributed by atoms with van der Waals surface area (Å²) < 4.78 is 5.46. The van der Waals surface area contributed by atoms with Gasteiger partial charge in [0.2, 0.25) is 0 Å². The van der Waals surface area contributed by atoms with E-state index in [1.54, 1.807) is 6.92 Å². The molecule has 0 saturated heterocycles. The summed E-state index contributed by atoms with van der Waals surface area (Å²) >= 11 is 0. The van der Waals surface area contributed by atoms with E-state index in [0.717, 1.165) is 12.8 Å². The molecule has 1 N–H and O–H groups in total. The molecular formula is C21H24O3. The average Bonchev–Trinajstić information content (AvgIpc) is 2.63. The molecule has 0 radical (unpaired) electrons. The first-order valence-corrected chi connectivity index (χ1v) is 8.67. The summed E-state index contributed by atoms with van der Waals surface area (Å²) in [5.41, 5.74) is 2.73. The molecule has 1 fully saturated rings. The fourth-order valence-electron chi connectivity index (χ4n) is 3.76. The van der Waals surface area contributed by atoms with Gasteiger partial charge in [-0.15, -0.1) is 0 Å². The van der Waals surface area contributed by atoms with Gasteiger partial charge in [0.05, 0.1) is 0 Å². The summed E-state index contributed by atoms with van der Waals surface area (Å²) in [6, 6.07) is 18.7. The number of hydrogen-bond acceptors (Lipinski definition) is 2. The molecule has 0 bridgehead atoms. The van der Waals surface area contributed by atoms with Crippen LogP contribution in [0.3, 0.4) is 0 Å². The summed E-state index contributed by atoms with van der Waals surface area (Å²) in [4.78, 5) is 10.9. The van der Waals surface area contributed by atoms with Crippen LogP contribution in [-0.2, 0) is 10.2 Å². The van der Waals surface area contributed by atoms with Crippen molar-refractivity contribution in [2.75, 3.05) is 0 Å². The van der Waals surface area contributed by atoms with Crippen LogP contribution in [0.1, 0.15) is 50.2 Å². The number of carboxylic acids is 1. The Hall–Kier alpha value is -2.29. The van der Waals surface area contributed by atoms with Crippen molar-refractivity contribution in [1.29, 1.82) is 0 Å². The van der Waals surface area contributed by atoms with E-state index < -0.39 is 12.1 Å². The van der Waals surface area contributed by atoms with E-state index in [4.69, 9.17) is 9.84 Å². The van der Waals surface area contributed by atoms with Crippen LogP contribution < -0.4 is 4.74 Å². The van der Waals surface area contributed by atoms with Crippen LogP contribution in [0.15, 0.2) is 54.6 Å². The fraction of sp³-hybridized carbons (Fsp3) is 0.381. The minimum absolute atomic E-state index is 0.0659. The third-order valence-corrected chi connectivity index (χ3v) is 5.10. The van der Waals surface area contributed by atoms with Crippen LogP contribution in [0.5, 0.6) is 5.75 Å². The number of rotatable bonds is 5. The average molecular weight is 324 g/mol. The van der Waals surface area contributed by atoms with Gasteiger partial charge in [-0.25, -0.2) is 4.79 Å². The van der Waals surface area contributed by atoms with Crippen molar-refractivity contribution >= 4 is 5.97 Å². The number of hydrogen-bond donors (Lipinski definition) is 1. The third-order valence-electron chi connectivity index (χ3n) is 5.10. The van der Waals surface area contributed by atoms with Gasteiger partial charge in [0.1, 0.15) is 5.75 Å². The van der Waals surface area contributed by atoms with Gasteiger partial charge in [-0.3, -0.25) is 0 Å². The highest BCUT2D eigenvalue weighted by molar-refractivity contribution is 5.72. The molecule has 1 saturated carbocycles. The molecule has 1 atom stereocenters. The van der Waals surface area contributed by atoms with Crippen LogP contribution in [0, 0.1) is 0 Å². The molecule has 2 aromatic rings. The summed E-state index contributed by atoms with van der Waals surface area (Å²) in [7, 11) is 0. The van der Waals surface area contributed by atoms with Gasteiger partial charge in [-0.1, -0.05) is 61.7 Å². The Morgan fingerprint density at radius 3 is 2.12 bits per heavy atom. The zero-order valence-electron chi connectivity index (χ0n) is 14.1. The van der Waals surface area contributed by atoms with E-state index in [1.807, 2.05) is 12.1 Å². The van der Waals surface area contributed by atoms with Gasteiger partial charge < -0.3 is 9.84 Å². The molecule has 2 aromatic carbocycles. The van der Waals surface area contributed by atoms with Gasteiger partial charge in [-0.05, 0) is 43.0 Å². The normalized spacial score (nSPS) is 17.9. The zero-order valence-corrected chi connectivity index (χ0v) is 14.1. The van der Waals surface area contributed by atoms with Crippen molar-refractivity contribution in [3.05, 3.63) is 65.7 Å². The second kappa shape index (κ2) is 7.08. The summed E-state index contributed by atoms with van der Waals surface area (Å²) in [6.45, 7) is 1.54. The molecule has 1 unspecified atom stereocenters. The number of aliphatic carboxylic acids is 1. The number of benzene rings is 2. The van der Waals surface area contributed by atoms with Crippen molar-refractivity contribution in [2.24, 2.45) is 0 Å². The Morgan fingerprint density at radius 1 is 0.958 bits per heavy atom. The maximum Gasteiger partial charge on any atom is 0.344 e. The topological polar surface area (TPSA) is 46.5 Å². The summed E-state index contributed by atoms with van der Waals surface area (Å²) in [5.74, 6) is -0.347. The van der Waals surface area contributed by atoms with Gasteiger partial charge in [0, 0.05) is 5.41 Å². The molecule has 3 rings (SSSR count). The monoisotopic (exact) mass is 324 g/mol. The predicted molar refractivity (Wildman–Crippen MR) is 94.5 cm³/mol. The molecule has 0 aliphatic heterocycles. The zero-order chi connectivity index (χ0) is 17.0. The lowest BCUT2D eigenvalue weighted by atomic mass is 9.65. The SMILES string of the molecule is CC(Oc1ccc(C2(c3ccccc3)CCCCC2)cc1)C(=O)O. The second-order valence-electron chi connectivity index (χ2n) is 6.63. The molecule has 0 spiro atoms. The smallest absolute Gasteiger partial charge is 0.344 e. The highest BCUT2D eigenvalue weighted by Gasteiger charge is 2.35. The Morgan fingerprint density at radius 2 is 1.54 bits per heavy atom. The maximum atomic E-state index is 10.9. The largest absolute Gasteiger partial charge is 0.479 e. The lowest BCUT2D eigenvalue weighted by Crippen LogP contribution is -2.30. The van der Waals surface area contributed by atoms with Gasteiger partial charge >= 0.3 is 5.97 Å². The molecule has 1 aliphatic rings. The van der Waals surface area contributed by atoms with Crippen molar-refractivity contribution < 1.29 is 14.6 Å². The number of ether oxygens (including phenoxy) is 1. The minimum atomic E-state index is -0.952. The first-order chi connectivity index (χ1) is 11.6. The quantitative estimate of drug-likeness (QED) is 0.860. The summed E-state index contributed by atoms with van der Waals surface area (Å²) in [6.07, 6.45) is 5.25. The standard InChI is InChI=1S/C21H24O3/c1-16(20(22)23)24-19-12-10-18(11-13-19)21(14-6-3-7-15-21)17-8-4-2-5-9-17/h2,4-5,8-13,16H,3,6-7,14-15H2,1H3,(H,22,23). The second-order valence-corrected chi connectivity index (χ2v) is 6.63. The molecule has 0 aromatic heterocycles. The lowest BCUT2D eigenvalue weighted by molar-refractivity contribution is -0.144. The van der Waals surface area contributed by atoms with E-state index in [9.17, 15) is 4.79 Å². The van der Waals surface area contributed by atoms with Crippen LogP contribution in [0.2, 0.25) is 0 Å². The van der Waals surface area contributed by atoms with Crippen molar-refractivity contribution in [1.82, 2.24) is 0 Å². The van der Waals surface area contributed by atoms with E-state index in [0.29, 0.717) is 5.75 Å². The molecule has 0 heterocycles. The molecule has 3 nitrogen and oxygen atoms in total. The Balaban J connectivity index is 1.90. The molecule has 3 heteroatoms. The number of carbonyl (C=O) groups is 1. The predicted octanol–water partition coefficient (Wildman–Crippen LogP) is 4.79. The highest BCUT2D eigenvalue weighted by atomic mass is 16.5. The molecule has 24 heavy (non-hydrogen) atoms. The number of carboxylic acid groups (broad SMARTS) is 1. The summed E-state index contributed by atoms with van der Waals surface area (Å²) in [5, 5.41) is 8.97. The first-order valence-electron chi connectivity index (χ1n) is 8.67. The highest BCUT2D eigenvalue weighted by Crippen LogP contribution is 2.45. The van der Waals surface area contributed by atoms with E-state index in [2.05, 4.69) is 42.5 Å². The third kappa shape index (κ3) is 3.30. The molecule has 1 aliphatic carbocycles. The molecule has 126 valence electrons. The Labute approximate surface area is 143 Å². The Bertz CT molecular complexity index is 670. The van der Waals surface area contributed by atoms with Crippen molar-refractivity contribution in [2.45, 2.75) is 50.5 Å². The van der Waals surface area contributed by atoms with Crippen LogP contribution in [-0.4, -0.2) is 17.2 Å². The van der Waals surface area contributed by atoms with E-state index in [1.165, 1.54) is 30.4 Å². The maximum absolute atomic E-state index is 10.9. The fourth-order valence-corrected chi connectivity index (χ4v) is 3.76. The van der Waals surface area contributed by atoms with Gasteiger partial charge in [0.25, 0.3) is 0 Å². The first kappa shape index (κ1) is 16.6. The molecule has 0 amide bonds. The Kier molecular flexibility index (Phi) is 4.89. The van der Waals surface area contributed by atoms with Crippen LogP contribution in [0.25, 0.3) is 0 Å². The minimum Gasteiger partial charge on any atom is -0.479 e. The molecular weight excluding hydrogens is 300 g/mol. The lowest BCUT2D eigenvalue weighted by Gasteiger charge is -2.38. The van der Waals surface area contributed by atoms with Crippen LogP contribution >= 0.6 is 0 Å². The van der Waals surface area contributed by atoms with E-state index >= 15 is 0 Å². The van der Waals surface area contributed by atoms with Crippen LogP contribution in [0.4, 0.5) is 0 Å². The van der Waals surface area contributed by atoms with E-state index in [-0.39, 0.29) is 5.41 Å². The van der Waals surface area contributed by atoms with Gasteiger partial charge in [-0.2, -0.15) is 0 Å².